The summed E-state index contributed by atoms with van der Waals surface area (Å²) in [6.45, 7) is 7.93. The zero-order chi connectivity index (χ0) is 12.8. The fourth-order valence-corrected chi connectivity index (χ4v) is 3.04. The zero-order valence-corrected chi connectivity index (χ0v) is 11.0. The fraction of sp³-hybridized carbons (Fsp3) is 0.692. The second-order valence-electron chi connectivity index (χ2n) is 5.93. The molecule has 98 valence electrons. The largest absolute Gasteiger partial charge is 0.355 e. The molecule has 1 unspecified atom stereocenters. The molecule has 3 rings (SSSR count). The number of amides is 1. The average Bonchev–Trinajstić information content (AvgIpc) is 2.83. The molecule has 0 bridgehead atoms. The van der Waals surface area contributed by atoms with Gasteiger partial charge in [-0.1, -0.05) is 0 Å². The second-order valence-corrected chi connectivity index (χ2v) is 5.93. The van der Waals surface area contributed by atoms with Gasteiger partial charge in [0, 0.05) is 43.7 Å². The van der Waals surface area contributed by atoms with Crippen molar-refractivity contribution in [3.63, 3.8) is 0 Å². The van der Waals surface area contributed by atoms with Crippen LogP contribution in [0.1, 0.15) is 26.0 Å². The van der Waals surface area contributed by atoms with Gasteiger partial charge in [0.25, 0.3) is 0 Å². The molecule has 1 N–H and O–H groups in total. The SMILES string of the molecule is CC(C)N1Cc2ccnn2CC2(CNC(=O)C2)C1. The number of hydrogen-bond donors (Lipinski definition) is 1. The molecule has 1 atom stereocenters. The average molecular weight is 248 g/mol. The van der Waals surface area contributed by atoms with E-state index in [9.17, 15) is 4.79 Å². The van der Waals surface area contributed by atoms with Gasteiger partial charge in [-0.2, -0.15) is 5.10 Å². The molecule has 5 nitrogen and oxygen atoms in total. The van der Waals surface area contributed by atoms with E-state index < -0.39 is 0 Å². The topological polar surface area (TPSA) is 50.2 Å². The number of carbonyl (C=O) groups excluding carboxylic acids is 1. The van der Waals surface area contributed by atoms with E-state index in [1.807, 2.05) is 6.20 Å². The van der Waals surface area contributed by atoms with Crippen LogP contribution in [0.15, 0.2) is 12.3 Å². The lowest BCUT2D eigenvalue weighted by atomic mass is 9.86. The molecule has 2 aliphatic heterocycles. The molecule has 1 fully saturated rings. The Morgan fingerprint density at radius 2 is 2.28 bits per heavy atom. The number of hydrogen-bond acceptors (Lipinski definition) is 3. The third-order valence-electron chi connectivity index (χ3n) is 4.12. The van der Waals surface area contributed by atoms with Crippen molar-refractivity contribution in [1.29, 1.82) is 0 Å². The van der Waals surface area contributed by atoms with E-state index in [2.05, 4.69) is 39.9 Å². The molecule has 1 amide bonds. The predicted octanol–water partition coefficient (Wildman–Crippen LogP) is 0.613. The van der Waals surface area contributed by atoms with Crippen LogP contribution < -0.4 is 5.32 Å². The van der Waals surface area contributed by atoms with E-state index in [-0.39, 0.29) is 11.3 Å². The molecule has 1 aromatic rings. The highest BCUT2D eigenvalue weighted by molar-refractivity contribution is 5.79. The van der Waals surface area contributed by atoms with E-state index in [0.29, 0.717) is 12.5 Å². The van der Waals surface area contributed by atoms with Crippen LogP contribution in [-0.2, 0) is 17.9 Å². The van der Waals surface area contributed by atoms with Crippen molar-refractivity contribution in [1.82, 2.24) is 20.0 Å². The highest BCUT2D eigenvalue weighted by Gasteiger charge is 2.42. The molecule has 1 spiro atoms. The molecular formula is C13H20N4O. The Kier molecular flexibility index (Phi) is 2.66. The van der Waals surface area contributed by atoms with E-state index >= 15 is 0 Å². The van der Waals surface area contributed by atoms with Gasteiger partial charge in [-0.15, -0.1) is 0 Å². The number of carbonyl (C=O) groups is 1. The smallest absolute Gasteiger partial charge is 0.220 e. The molecule has 5 heteroatoms. The monoisotopic (exact) mass is 248 g/mol. The Bertz CT molecular complexity index is 467. The van der Waals surface area contributed by atoms with Crippen LogP contribution in [0.4, 0.5) is 0 Å². The lowest BCUT2D eigenvalue weighted by molar-refractivity contribution is -0.119. The number of fused-ring (bicyclic) bond motifs is 1. The number of nitrogens with zero attached hydrogens (tertiary/aromatic N) is 3. The van der Waals surface area contributed by atoms with Crippen LogP contribution in [0.25, 0.3) is 0 Å². The van der Waals surface area contributed by atoms with Crippen molar-refractivity contribution in [3.05, 3.63) is 18.0 Å². The van der Waals surface area contributed by atoms with Gasteiger partial charge in [0.05, 0.1) is 12.2 Å². The maximum absolute atomic E-state index is 11.6. The third kappa shape index (κ3) is 1.92. The lowest BCUT2D eigenvalue weighted by Crippen LogP contribution is -2.42. The minimum atomic E-state index is 0.0125. The van der Waals surface area contributed by atoms with E-state index in [1.54, 1.807) is 0 Å². The molecule has 1 saturated heterocycles. The highest BCUT2D eigenvalue weighted by atomic mass is 16.1. The normalized spacial score (nSPS) is 28.5. The zero-order valence-electron chi connectivity index (χ0n) is 11.0. The molecular weight excluding hydrogens is 228 g/mol. The van der Waals surface area contributed by atoms with Crippen molar-refractivity contribution in [2.75, 3.05) is 13.1 Å². The van der Waals surface area contributed by atoms with Gasteiger partial charge in [-0.05, 0) is 19.9 Å². The Labute approximate surface area is 107 Å². The maximum atomic E-state index is 11.6. The van der Waals surface area contributed by atoms with E-state index in [1.165, 1.54) is 5.69 Å². The molecule has 18 heavy (non-hydrogen) atoms. The number of nitrogens with one attached hydrogen (secondary N) is 1. The van der Waals surface area contributed by atoms with Crippen LogP contribution in [0.3, 0.4) is 0 Å². The second kappa shape index (κ2) is 4.09. The summed E-state index contributed by atoms with van der Waals surface area (Å²) in [5.74, 6) is 0.175. The summed E-state index contributed by atoms with van der Waals surface area (Å²) in [5.41, 5.74) is 1.26. The van der Waals surface area contributed by atoms with Crippen LogP contribution in [0, 0.1) is 5.41 Å². The van der Waals surface area contributed by atoms with E-state index in [4.69, 9.17) is 0 Å². The van der Waals surface area contributed by atoms with Crippen LogP contribution in [0.2, 0.25) is 0 Å². The molecule has 1 aromatic heterocycles. The maximum Gasteiger partial charge on any atom is 0.220 e. The lowest BCUT2D eigenvalue weighted by Gasteiger charge is -2.33. The Morgan fingerprint density at radius 3 is 2.94 bits per heavy atom. The number of aromatic nitrogens is 2. The quantitative estimate of drug-likeness (QED) is 0.792. The minimum Gasteiger partial charge on any atom is -0.355 e. The van der Waals surface area contributed by atoms with Gasteiger partial charge in [-0.25, -0.2) is 0 Å². The fourth-order valence-electron chi connectivity index (χ4n) is 3.04. The molecule has 3 heterocycles. The summed E-state index contributed by atoms with van der Waals surface area (Å²) in [5, 5.41) is 7.39. The summed E-state index contributed by atoms with van der Waals surface area (Å²) < 4.78 is 2.07. The predicted molar refractivity (Wildman–Crippen MR) is 67.8 cm³/mol. The molecule has 0 aromatic carbocycles. The van der Waals surface area contributed by atoms with Crippen LogP contribution >= 0.6 is 0 Å². The third-order valence-corrected chi connectivity index (χ3v) is 4.12. The Balaban J connectivity index is 1.95. The summed E-state index contributed by atoms with van der Waals surface area (Å²) >= 11 is 0. The molecule has 2 aliphatic rings. The van der Waals surface area contributed by atoms with Crippen LogP contribution in [0.5, 0.6) is 0 Å². The van der Waals surface area contributed by atoms with Crippen molar-refractivity contribution >= 4 is 5.91 Å². The van der Waals surface area contributed by atoms with Crippen molar-refractivity contribution in [3.8, 4) is 0 Å². The van der Waals surface area contributed by atoms with E-state index in [0.717, 1.165) is 26.2 Å². The van der Waals surface area contributed by atoms with Gasteiger partial charge >= 0.3 is 0 Å². The minimum absolute atomic E-state index is 0.0125. The first-order valence-corrected chi connectivity index (χ1v) is 6.59. The molecule has 0 aliphatic carbocycles. The molecule has 0 saturated carbocycles. The number of rotatable bonds is 1. The van der Waals surface area contributed by atoms with Crippen molar-refractivity contribution < 1.29 is 4.79 Å². The summed E-state index contributed by atoms with van der Waals surface area (Å²) in [7, 11) is 0. The van der Waals surface area contributed by atoms with Gasteiger partial charge < -0.3 is 5.32 Å². The Morgan fingerprint density at radius 1 is 1.44 bits per heavy atom. The highest BCUT2D eigenvalue weighted by Crippen LogP contribution is 2.33. The van der Waals surface area contributed by atoms with Gasteiger partial charge in [0.15, 0.2) is 0 Å². The first kappa shape index (κ1) is 11.7. The standard InChI is InChI=1S/C13H20N4O/c1-10(2)16-6-11-3-4-15-17(11)9-13(8-16)5-12(18)14-7-13/h3-4,10H,5-9H2,1-2H3,(H,14,18). The van der Waals surface area contributed by atoms with Crippen LogP contribution in [-0.4, -0.2) is 39.7 Å². The summed E-state index contributed by atoms with van der Waals surface area (Å²) in [4.78, 5) is 14.0. The van der Waals surface area contributed by atoms with Gasteiger partial charge in [0.2, 0.25) is 5.91 Å². The summed E-state index contributed by atoms with van der Waals surface area (Å²) in [6, 6.07) is 2.57. The molecule has 0 radical (unpaired) electrons. The summed E-state index contributed by atoms with van der Waals surface area (Å²) in [6.07, 6.45) is 2.48. The first-order chi connectivity index (χ1) is 8.58. The first-order valence-electron chi connectivity index (χ1n) is 6.59. The van der Waals surface area contributed by atoms with Crippen molar-refractivity contribution in [2.45, 2.75) is 39.4 Å². The Hall–Kier alpha value is -1.36. The van der Waals surface area contributed by atoms with Crippen molar-refractivity contribution in [2.24, 2.45) is 5.41 Å². The van der Waals surface area contributed by atoms with Gasteiger partial charge in [0.1, 0.15) is 0 Å². The van der Waals surface area contributed by atoms with Gasteiger partial charge in [-0.3, -0.25) is 14.4 Å².